The number of hydrogen-bond acceptors (Lipinski definition) is 5. The largest absolute Gasteiger partial charge is 0.496 e. The van der Waals surface area contributed by atoms with E-state index in [0.29, 0.717) is 25.3 Å². The molecular weight excluding hydrogens is 539 g/mol. The van der Waals surface area contributed by atoms with Crippen LogP contribution < -0.4 is 21.3 Å². The minimum Gasteiger partial charge on any atom is -0.496 e. The number of allylic oxidation sites excluding steroid dienone is 5. The van der Waals surface area contributed by atoms with Crippen molar-refractivity contribution < 1.29 is 14.2 Å². The predicted molar refractivity (Wildman–Crippen MR) is 181 cm³/mol. The summed E-state index contributed by atoms with van der Waals surface area (Å²) in [6, 6.07) is 20.1. The van der Waals surface area contributed by atoms with Crippen LogP contribution in [0.3, 0.4) is 0 Å². The van der Waals surface area contributed by atoms with Gasteiger partial charge in [-0.25, -0.2) is 0 Å². The molecule has 0 aliphatic rings. The van der Waals surface area contributed by atoms with Crippen LogP contribution in [0.1, 0.15) is 39.5 Å². The molecule has 0 bridgehead atoms. The number of fused-ring (bicyclic) bond motifs is 2. The monoisotopic (exact) mass is 578 g/mol. The van der Waals surface area contributed by atoms with Crippen molar-refractivity contribution in [1.29, 1.82) is 0 Å². The fourth-order valence-electron chi connectivity index (χ4n) is 5.20. The van der Waals surface area contributed by atoms with Gasteiger partial charge in [0.2, 0.25) is 6.71 Å². The van der Waals surface area contributed by atoms with Gasteiger partial charge in [0.25, 0.3) is 0 Å². The highest BCUT2D eigenvalue weighted by Crippen LogP contribution is 2.28. The molecule has 4 nitrogen and oxygen atoms in total. The Morgan fingerprint density at radius 1 is 0.976 bits per heavy atom. The highest BCUT2D eigenvalue weighted by molar-refractivity contribution is 7.24. The Hall–Kier alpha value is -3.71. The van der Waals surface area contributed by atoms with Crippen LogP contribution >= 0.6 is 11.3 Å². The average Bonchev–Trinajstić information content (AvgIpc) is 3.00. The SMILES string of the molecule is C=C/C=c1/cc(B(CC)/C(C)=C/C=C(\C)OCCOC(OC)c2ccc3c(=O)c4ccccc4sc3c2)cc/c1=C/C. The molecule has 0 aliphatic carbocycles. The molecule has 1 atom stereocenters. The second kappa shape index (κ2) is 15.0. The number of rotatable bonds is 12. The Bertz CT molecular complexity index is 1800. The highest BCUT2D eigenvalue weighted by atomic mass is 32.1. The van der Waals surface area contributed by atoms with Crippen molar-refractivity contribution in [1.82, 2.24) is 0 Å². The summed E-state index contributed by atoms with van der Waals surface area (Å²) < 4.78 is 19.4. The van der Waals surface area contributed by atoms with Gasteiger partial charge in [0.1, 0.15) is 6.61 Å². The minimum atomic E-state index is -0.552. The molecule has 216 valence electrons. The first kappa shape index (κ1) is 31.2. The summed E-state index contributed by atoms with van der Waals surface area (Å²) in [7, 11) is 1.62. The summed E-state index contributed by atoms with van der Waals surface area (Å²) in [5.74, 6) is 0.820. The fraction of sp³-hybridized carbons (Fsp3) is 0.250. The van der Waals surface area contributed by atoms with Gasteiger partial charge in [-0.15, -0.1) is 11.3 Å². The average molecular weight is 579 g/mol. The van der Waals surface area contributed by atoms with Crippen LogP contribution in [0.4, 0.5) is 0 Å². The van der Waals surface area contributed by atoms with Crippen molar-refractivity contribution in [2.24, 2.45) is 0 Å². The lowest BCUT2D eigenvalue weighted by molar-refractivity contribution is -0.135. The zero-order chi connectivity index (χ0) is 30.1. The van der Waals surface area contributed by atoms with E-state index in [0.717, 1.165) is 32.4 Å². The Kier molecular flexibility index (Phi) is 11.1. The van der Waals surface area contributed by atoms with E-state index in [9.17, 15) is 4.79 Å². The zero-order valence-electron chi connectivity index (χ0n) is 25.2. The molecule has 0 saturated heterocycles. The summed E-state index contributed by atoms with van der Waals surface area (Å²) in [6.07, 6.45) is 10.6. The summed E-state index contributed by atoms with van der Waals surface area (Å²) in [5, 5.41) is 3.86. The Morgan fingerprint density at radius 3 is 2.50 bits per heavy atom. The van der Waals surface area contributed by atoms with E-state index in [-0.39, 0.29) is 5.43 Å². The van der Waals surface area contributed by atoms with Crippen molar-refractivity contribution in [2.75, 3.05) is 20.3 Å². The summed E-state index contributed by atoms with van der Waals surface area (Å²) in [6.45, 7) is 13.3. The Labute approximate surface area is 253 Å². The molecule has 3 aromatic carbocycles. The van der Waals surface area contributed by atoms with Crippen LogP contribution in [0.5, 0.6) is 0 Å². The summed E-state index contributed by atoms with van der Waals surface area (Å²) >= 11 is 1.60. The first-order valence-electron chi connectivity index (χ1n) is 14.4. The van der Waals surface area contributed by atoms with Crippen LogP contribution in [0.2, 0.25) is 6.32 Å². The molecule has 6 heteroatoms. The molecule has 0 aliphatic heterocycles. The molecule has 1 aromatic heterocycles. The second-order valence-electron chi connectivity index (χ2n) is 10.2. The standard InChI is InChI=1S/C36H39BO4S/c1-7-12-28-23-30(19-17-27(28)8-2)37(9-3)25(4)15-16-26(5)40-21-22-41-36(39-6)29-18-20-32-34(24-29)42-33-14-11-10-13-31(33)35(32)38/h7-8,10-20,23-24,36H,1,9,21-22H2,2-6H3/b25-15+,26-16+,27-8-,28-12-. The van der Waals surface area contributed by atoms with E-state index in [1.807, 2.05) is 61.5 Å². The smallest absolute Gasteiger partial charge is 0.203 e. The molecule has 0 radical (unpaired) electrons. The molecule has 0 N–H and O–H groups in total. The van der Waals surface area contributed by atoms with Gasteiger partial charge in [-0.3, -0.25) is 4.79 Å². The van der Waals surface area contributed by atoms with E-state index in [2.05, 4.69) is 63.8 Å². The van der Waals surface area contributed by atoms with Gasteiger partial charge in [-0.2, -0.15) is 0 Å². The van der Waals surface area contributed by atoms with Crippen molar-refractivity contribution in [3.63, 3.8) is 0 Å². The van der Waals surface area contributed by atoms with Crippen LogP contribution in [-0.4, -0.2) is 27.0 Å². The van der Waals surface area contributed by atoms with Gasteiger partial charge in [-0.1, -0.05) is 98.4 Å². The van der Waals surface area contributed by atoms with Crippen LogP contribution in [-0.2, 0) is 14.2 Å². The molecule has 4 aromatic rings. The highest BCUT2D eigenvalue weighted by Gasteiger charge is 2.16. The third kappa shape index (κ3) is 7.38. The Morgan fingerprint density at radius 2 is 1.76 bits per heavy atom. The fourth-order valence-corrected chi connectivity index (χ4v) is 6.32. The van der Waals surface area contributed by atoms with E-state index in [1.165, 1.54) is 21.4 Å². The third-order valence-electron chi connectivity index (χ3n) is 7.43. The molecule has 1 unspecified atom stereocenters. The summed E-state index contributed by atoms with van der Waals surface area (Å²) in [4.78, 5) is 12.9. The molecule has 0 fully saturated rings. The van der Waals surface area contributed by atoms with Crippen LogP contribution in [0.15, 0.2) is 101 Å². The van der Waals surface area contributed by atoms with Gasteiger partial charge >= 0.3 is 0 Å². The van der Waals surface area contributed by atoms with Gasteiger partial charge in [-0.05, 0) is 54.6 Å². The van der Waals surface area contributed by atoms with Crippen molar-refractivity contribution in [2.45, 2.75) is 40.3 Å². The van der Waals surface area contributed by atoms with E-state index in [1.54, 1.807) is 18.4 Å². The van der Waals surface area contributed by atoms with Gasteiger partial charge in [0.15, 0.2) is 11.7 Å². The van der Waals surface area contributed by atoms with Crippen molar-refractivity contribution in [3.05, 3.63) is 123 Å². The molecular formula is C36H39BO4S. The summed E-state index contributed by atoms with van der Waals surface area (Å²) in [5.41, 5.74) is 3.49. The predicted octanol–water partition coefficient (Wildman–Crippen LogP) is 6.67. The molecule has 0 saturated carbocycles. The minimum absolute atomic E-state index is 0.0509. The van der Waals surface area contributed by atoms with Crippen molar-refractivity contribution >= 4 is 55.8 Å². The van der Waals surface area contributed by atoms with E-state index >= 15 is 0 Å². The molecule has 1 heterocycles. The topological polar surface area (TPSA) is 44.8 Å². The lowest BCUT2D eigenvalue weighted by Gasteiger charge is -2.17. The van der Waals surface area contributed by atoms with Crippen molar-refractivity contribution in [3.8, 4) is 0 Å². The number of methoxy groups -OCH3 is 1. The molecule has 4 rings (SSSR count). The van der Waals surface area contributed by atoms with E-state index in [4.69, 9.17) is 14.2 Å². The maximum atomic E-state index is 12.9. The Balaban J connectivity index is 1.38. The first-order chi connectivity index (χ1) is 20.4. The lowest BCUT2D eigenvalue weighted by Crippen LogP contribution is -2.37. The third-order valence-corrected chi connectivity index (χ3v) is 8.56. The zero-order valence-corrected chi connectivity index (χ0v) is 26.0. The van der Waals surface area contributed by atoms with Gasteiger partial charge in [0.05, 0.1) is 12.4 Å². The quantitative estimate of drug-likeness (QED) is 0.0471. The van der Waals surface area contributed by atoms with Gasteiger partial charge < -0.3 is 14.2 Å². The maximum Gasteiger partial charge on any atom is 0.203 e. The van der Waals surface area contributed by atoms with Crippen LogP contribution in [0.25, 0.3) is 32.3 Å². The maximum absolute atomic E-state index is 12.9. The molecule has 42 heavy (non-hydrogen) atoms. The van der Waals surface area contributed by atoms with Crippen LogP contribution in [0, 0.1) is 0 Å². The number of benzene rings is 3. The first-order valence-corrected chi connectivity index (χ1v) is 15.2. The molecule has 0 spiro atoms. The number of hydrogen-bond donors (Lipinski definition) is 0. The van der Waals surface area contributed by atoms with E-state index < -0.39 is 6.29 Å². The van der Waals surface area contributed by atoms with Gasteiger partial charge in [0, 0.05) is 32.8 Å². The second-order valence-corrected chi connectivity index (χ2v) is 11.3. The normalized spacial score (nSPS) is 14.0. The molecule has 0 amide bonds. The number of ether oxygens (including phenoxy) is 3. The lowest BCUT2D eigenvalue weighted by atomic mass is 9.38.